The minimum atomic E-state index is -0.787. The molecule has 1 saturated heterocycles. The molecule has 3 amide bonds. The standard InChI is InChI=1S/C19H27N3O4/c23-17(24)11-5-2-6-12-20-18(25)15-8-7-13-22(14-15)19(26)21-16-9-3-1-4-10-16/h1,3-4,9-10,15H,2,5-8,11-14H2,(H,20,25)(H,21,26)(H,23,24). The summed E-state index contributed by atoms with van der Waals surface area (Å²) < 4.78 is 0. The van der Waals surface area contributed by atoms with Gasteiger partial charge in [0, 0.05) is 31.7 Å². The molecule has 0 saturated carbocycles. The second-order valence-electron chi connectivity index (χ2n) is 6.58. The first-order valence-corrected chi connectivity index (χ1v) is 9.17. The summed E-state index contributed by atoms with van der Waals surface area (Å²) in [7, 11) is 0. The topological polar surface area (TPSA) is 98.7 Å². The van der Waals surface area contributed by atoms with E-state index < -0.39 is 5.97 Å². The fourth-order valence-corrected chi connectivity index (χ4v) is 3.03. The Morgan fingerprint density at radius 2 is 1.88 bits per heavy atom. The van der Waals surface area contributed by atoms with E-state index >= 15 is 0 Å². The lowest BCUT2D eigenvalue weighted by molar-refractivity contribution is -0.137. The molecular formula is C19H27N3O4. The first-order valence-electron chi connectivity index (χ1n) is 9.17. The number of likely N-dealkylation sites (tertiary alicyclic amines) is 1. The molecule has 1 fully saturated rings. The number of nitrogens with one attached hydrogen (secondary N) is 2. The molecule has 1 heterocycles. The third-order valence-electron chi connectivity index (χ3n) is 4.47. The van der Waals surface area contributed by atoms with Crippen molar-refractivity contribution in [3.05, 3.63) is 30.3 Å². The van der Waals surface area contributed by atoms with Crippen molar-refractivity contribution < 1.29 is 19.5 Å². The van der Waals surface area contributed by atoms with E-state index in [0.717, 1.165) is 31.4 Å². The van der Waals surface area contributed by atoms with E-state index in [1.165, 1.54) is 0 Å². The molecule has 1 aliphatic rings. The van der Waals surface area contributed by atoms with Crippen LogP contribution >= 0.6 is 0 Å². The fraction of sp³-hybridized carbons (Fsp3) is 0.526. The van der Waals surface area contributed by atoms with E-state index in [4.69, 9.17) is 5.11 Å². The van der Waals surface area contributed by atoms with Crippen LogP contribution in [0.1, 0.15) is 38.5 Å². The Morgan fingerprint density at radius 3 is 2.62 bits per heavy atom. The predicted octanol–water partition coefficient (Wildman–Crippen LogP) is 2.69. The highest BCUT2D eigenvalue weighted by Gasteiger charge is 2.28. The van der Waals surface area contributed by atoms with Crippen LogP contribution in [-0.4, -0.2) is 47.5 Å². The molecular weight excluding hydrogens is 334 g/mol. The molecule has 0 spiro atoms. The van der Waals surface area contributed by atoms with Gasteiger partial charge >= 0.3 is 12.0 Å². The Morgan fingerprint density at radius 1 is 1.12 bits per heavy atom. The van der Waals surface area contributed by atoms with E-state index in [0.29, 0.717) is 26.1 Å². The van der Waals surface area contributed by atoms with Crippen molar-refractivity contribution in [2.75, 3.05) is 25.0 Å². The lowest BCUT2D eigenvalue weighted by Gasteiger charge is -2.32. The maximum Gasteiger partial charge on any atom is 0.321 e. The van der Waals surface area contributed by atoms with Crippen LogP contribution in [0.25, 0.3) is 0 Å². The zero-order chi connectivity index (χ0) is 18.8. The first kappa shape index (κ1) is 19.8. The number of hydrogen-bond donors (Lipinski definition) is 3. The number of amides is 3. The van der Waals surface area contributed by atoms with Gasteiger partial charge in [0.1, 0.15) is 0 Å². The quantitative estimate of drug-likeness (QED) is 0.620. The van der Waals surface area contributed by atoms with Gasteiger partial charge in [-0.2, -0.15) is 0 Å². The normalized spacial score (nSPS) is 16.8. The third kappa shape index (κ3) is 6.74. The van der Waals surface area contributed by atoms with Gasteiger partial charge < -0.3 is 20.6 Å². The van der Waals surface area contributed by atoms with E-state index in [1.807, 2.05) is 30.3 Å². The van der Waals surface area contributed by atoms with Gasteiger partial charge in [-0.1, -0.05) is 24.6 Å². The van der Waals surface area contributed by atoms with Crippen molar-refractivity contribution >= 4 is 23.6 Å². The Bertz CT molecular complexity index is 606. The van der Waals surface area contributed by atoms with Gasteiger partial charge in [0.15, 0.2) is 0 Å². The van der Waals surface area contributed by atoms with Gasteiger partial charge in [-0.3, -0.25) is 9.59 Å². The molecule has 3 N–H and O–H groups in total. The number of nitrogens with zero attached hydrogens (tertiary/aromatic N) is 1. The number of unbranched alkanes of at least 4 members (excludes halogenated alkanes) is 2. The van der Waals surface area contributed by atoms with Crippen molar-refractivity contribution in [3.8, 4) is 0 Å². The summed E-state index contributed by atoms with van der Waals surface area (Å²) in [6.07, 6.45) is 3.93. The summed E-state index contributed by atoms with van der Waals surface area (Å²) >= 11 is 0. The van der Waals surface area contributed by atoms with Gasteiger partial charge in [0.05, 0.1) is 5.92 Å². The number of carboxylic acids is 1. The number of benzene rings is 1. The Kier molecular flexibility index (Phi) is 7.92. The number of hydrogen-bond acceptors (Lipinski definition) is 3. The van der Waals surface area contributed by atoms with E-state index in [-0.39, 0.29) is 24.3 Å². The van der Waals surface area contributed by atoms with Crippen LogP contribution in [0, 0.1) is 5.92 Å². The molecule has 1 unspecified atom stereocenters. The molecule has 142 valence electrons. The summed E-state index contributed by atoms with van der Waals surface area (Å²) in [4.78, 5) is 36.8. The summed E-state index contributed by atoms with van der Waals surface area (Å²) in [5.41, 5.74) is 0.741. The highest BCUT2D eigenvalue weighted by atomic mass is 16.4. The Hall–Kier alpha value is -2.57. The maximum absolute atomic E-state index is 12.4. The SMILES string of the molecule is O=C(O)CCCCCNC(=O)C1CCCN(C(=O)Nc2ccccc2)C1. The number of carboxylic acid groups (broad SMARTS) is 1. The van der Waals surface area contributed by atoms with Crippen molar-refractivity contribution in [1.29, 1.82) is 0 Å². The molecule has 1 aromatic carbocycles. The van der Waals surface area contributed by atoms with Crippen molar-refractivity contribution in [2.45, 2.75) is 38.5 Å². The van der Waals surface area contributed by atoms with E-state index in [1.54, 1.807) is 4.90 Å². The van der Waals surface area contributed by atoms with Crippen molar-refractivity contribution in [1.82, 2.24) is 10.2 Å². The fourth-order valence-electron chi connectivity index (χ4n) is 3.03. The number of anilines is 1. The van der Waals surface area contributed by atoms with E-state index in [9.17, 15) is 14.4 Å². The third-order valence-corrected chi connectivity index (χ3v) is 4.47. The smallest absolute Gasteiger partial charge is 0.321 e. The van der Waals surface area contributed by atoms with Gasteiger partial charge in [-0.25, -0.2) is 4.79 Å². The van der Waals surface area contributed by atoms with Crippen LogP contribution < -0.4 is 10.6 Å². The van der Waals surface area contributed by atoms with Crippen molar-refractivity contribution in [3.63, 3.8) is 0 Å². The van der Waals surface area contributed by atoms with Gasteiger partial charge in [0.25, 0.3) is 0 Å². The van der Waals surface area contributed by atoms with Gasteiger partial charge in [-0.05, 0) is 37.8 Å². The van der Waals surface area contributed by atoms with Gasteiger partial charge in [-0.15, -0.1) is 0 Å². The molecule has 7 nitrogen and oxygen atoms in total. The lowest BCUT2D eigenvalue weighted by Crippen LogP contribution is -2.47. The number of carbonyl (C=O) groups is 3. The zero-order valence-electron chi connectivity index (χ0n) is 14.9. The molecule has 1 atom stereocenters. The lowest BCUT2D eigenvalue weighted by atomic mass is 9.97. The molecule has 1 aliphatic heterocycles. The molecule has 7 heteroatoms. The minimum Gasteiger partial charge on any atom is -0.481 e. The average Bonchev–Trinajstić information content (AvgIpc) is 2.65. The maximum atomic E-state index is 12.4. The highest BCUT2D eigenvalue weighted by Crippen LogP contribution is 2.18. The van der Waals surface area contributed by atoms with Gasteiger partial charge in [0.2, 0.25) is 5.91 Å². The average molecular weight is 361 g/mol. The largest absolute Gasteiger partial charge is 0.481 e. The van der Waals surface area contributed by atoms with Crippen LogP contribution in [0.3, 0.4) is 0 Å². The molecule has 0 aliphatic carbocycles. The summed E-state index contributed by atoms with van der Waals surface area (Å²) in [5.74, 6) is -1.00. The van der Waals surface area contributed by atoms with Crippen LogP contribution in [-0.2, 0) is 9.59 Å². The predicted molar refractivity (Wildman–Crippen MR) is 98.9 cm³/mol. The highest BCUT2D eigenvalue weighted by molar-refractivity contribution is 5.90. The minimum absolute atomic E-state index is 0.0274. The van der Waals surface area contributed by atoms with Crippen LogP contribution in [0.15, 0.2) is 30.3 Å². The molecule has 2 rings (SSSR count). The van der Waals surface area contributed by atoms with E-state index in [2.05, 4.69) is 10.6 Å². The number of para-hydroxylation sites is 1. The molecule has 26 heavy (non-hydrogen) atoms. The van der Waals surface area contributed by atoms with Crippen LogP contribution in [0.2, 0.25) is 0 Å². The number of carbonyl (C=O) groups excluding carboxylic acids is 2. The monoisotopic (exact) mass is 361 g/mol. The Balaban J connectivity index is 1.70. The van der Waals surface area contributed by atoms with Crippen LogP contribution in [0.4, 0.5) is 10.5 Å². The number of urea groups is 1. The molecule has 0 bridgehead atoms. The molecule has 1 aromatic rings. The van der Waals surface area contributed by atoms with Crippen LogP contribution in [0.5, 0.6) is 0 Å². The summed E-state index contributed by atoms with van der Waals surface area (Å²) in [5, 5.41) is 14.3. The first-order chi connectivity index (χ1) is 12.6. The number of aliphatic carboxylic acids is 1. The molecule has 0 aromatic heterocycles. The summed E-state index contributed by atoms with van der Waals surface area (Å²) in [6.45, 7) is 1.62. The number of rotatable bonds is 8. The molecule has 0 radical (unpaired) electrons. The Labute approximate surface area is 153 Å². The second kappa shape index (κ2) is 10.4. The van der Waals surface area contributed by atoms with Crippen molar-refractivity contribution in [2.24, 2.45) is 5.92 Å². The zero-order valence-corrected chi connectivity index (χ0v) is 14.9. The second-order valence-corrected chi connectivity index (χ2v) is 6.58. The number of piperidine rings is 1. The summed E-state index contributed by atoms with van der Waals surface area (Å²) in [6, 6.07) is 9.09.